The Hall–Kier alpha value is -2.43. The smallest absolute Gasteiger partial charge is 0.253 e. The highest BCUT2D eigenvalue weighted by Crippen LogP contribution is 2.19. The number of halogens is 2. The average Bonchev–Trinajstić information content (AvgIpc) is 2.55. The monoisotopic (exact) mass is 316 g/mol. The number of piperidine rings is 1. The summed E-state index contributed by atoms with van der Waals surface area (Å²) in [6.45, 7) is 1.20. The van der Waals surface area contributed by atoms with E-state index in [2.05, 4.69) is 5.32 Å². The third-order valence-corrected chi connectivity index (χ3v) is 4.05. The van der Waals surface area contributed by atoms with E-state index in [1.54, 1.807) is 23.1 Å². The van der Waals surface area contributed by atoms with Gasteiger partial charge in [-0.25, -0.2) is 8.78 Å². The maximum atomic E-state index is 13.2. The number of carbonyl (C=O) groups is 1. The van der Waals surface area contributed by atoms with Crippen LogP contribution in [0.3, 0.4) is 0 Å². The molecule has 2 aromatic carbocycles. The number of rotatable bonds is 3. The zero-order valence-corrected chi connectivity index (χ0v) is 12.6. The number of likely N-dealkylation sites (tertiary alicyclic amines) is 1. The number of benzene rings is 2. The summed E-state index contributed by atoms with van der Waals surface area (Å²) in [4.78, 5) is 14.1. The van der Waals surface area contributed by atoms with Gasteiger partial charge in [0.05, 0.1) is 0 Å². The van der Waals surface area contributed by atoms with Crippen LogP contribution < -0.4 is 5.32 Å². The van der Waals surface area contributed by atoms with Crippen molar-refractivity contribution >= 4 is 11.6 Å². The number of hydrogen-bond donors (Lipinski definition) is 1. The third kappa shape index (κ3) is 3.86. The van der Waals surface area contributed by atoms with Crippen LogP contribution in [0, 0.1) is 11.6 Å². The van der Waals surface area contributed by atoms with E-state index in [-0.39, 0.29) is 17.8 Å². The van der Waals surface area contributed by atoms with Crippen molar-refractivity contribution < 1.29 is 13.6 Å². The molecule has 1 amide bonds. The highest BCUT2D eigenvalue weighted by molar-refractivity contribution is 5.94. The minimum Gasteiger partial charge on any atom is -0.382 e. The number of nitrogens with one attached hydrogen (secondary N) is 1. The van der Waals surface area contributed by atoms with Crippen LogP contribution in [0.25, 0.3) is 0 Å². The summed E-state index contributed by atoms with van der Waals surface area (Å²) in [5.41, 5.74) is 1.13. The van der Waals surface area contributed by atoms with Crippen molar-refractivity contribution in [1.29, 1.82) is 0 Å². The van der Waals surface area contributed by atoms with Crippen molar-refractivity contribution in [3.8, 4) is 0 Å². The first-order valence-electron chi connectivity index (χ1n) is 7.69. The molecule has 0 unspecified atom stereocenters. The van der Waals surface area contributed by atoms with E-state index >= 15 is 0 Å². The van der Waals surface area contributed by atoms with Gasteiger partial charge < -0.3 is 10.2 Å². The molecule has 1 N–H and O–H groups in total. The van der Waals surface area contributed by atoms with Gasteiger partial charge in [-0.1, -0.05) is 12.1 Å². The second kappa shape index (κ2) is 6.77. The van der Waals surface area contributed by atoms with Gasteiger partial charge in [-0.15, -0.1) is 0 Å². The molecule has 120 valence electrons. The van der Waals surface area contributed by atoms with Gasteiger partial charge in [0.2, 0.25) is 0 Å². The zero-order chi connectivity index (χ0) is 16.2. The molecule has 1 aliphatic rings. The van der Waals surface area contributed by atoms with E-state index in [4.69, 9.17) is 0 Å². The summed E-state index contributed by atoms with van der Waals surface area (Å²) in [6.07, 6.45) is 1.55. The maximum Gasteiger partial charge on any atom is 0.253 e. The lowest BCUT2D eigenvalue weighted by atomic mass is 10.0. The molecule has 0 atom stereocenters. The lowest BCUT2D eigenvalue weighted by molar-refractivity contribution is 0.0718. The Labute approximate surface area is 133 Å². The minimum absolute atomic E-state index is 0.145. The Morgan fingerprint density at radius 1 is 1.00 bits per heavy atom. The van der Waals surface area contributed by atoms with Gasteiger partial charge in [0.15, 0.2) is 0 Å². The third-order valence-electron chi connectivity index (χ3n) is 4.05. The first-order valence-corrected chi connectivity index (χ1v) is 7.69. The SMILES string of the molecule is O=C(c1cccc(F)c1)N1CCC(Nc2cccc(F)c2)CC1. The number of nitrogens with zero attached hydrogens (tertiary/aromatic N) is 1. The molecule has 0 aliphatic carbocycles. The molecule has 3 rings (SSSR count). The zero-order valence-electron chi connectivity index (χ0n) is 12.6. The summed E-state index contributed by atoms with van der Waals surface area (Å²) in [5, 5.41) is 3.29. The second-order valence-electron chi connectivity index (χ2n) is 5.73. The molecule has 23 heavy (non-hydrogen) atoms. The van der Waals surface area contributed by atoms with Crippen molar-refractivity contribution in [2.75, 3.05) is 18.4 Å². The minimum atomic E-state index is -0.404. The largest absolute Gasteiger partial charge is 0.382 e. The fourth-order valence-corrected chi connectivity index (χ4v) is 2.84. The first kappa shape index (κ1) is 15.5. The molecular formula is C18H18F2N2O. The molecule has 2 aromatic rings. The summed E-state index contributed by atoms with van der Waals surface area (Å²) < 4.78 is 26.4. The van der Waals surface area contributed by atoms with Crippen molar-refractivity contribution in [3.05, 3.63) is 65.7 Å². The molecule has 0 bridgehead atoms. The van der Waals surface area contributed by atoms with E-state index in [1.807, 2.05) is 6.07 Å². The molecule has 1 aliphatic heterocycles. The van der Waals surface area contributed by atoms with Crippen LogP contribution in [0.4, 0.5) is 14.5 Å². The topological polar surface area (TPSA) is 32.3 Å². The number of carbonyl (C=O) groups excluding carboxylic acids is 1. The molecule has 0 aromatic heterocycles. The van der Waals surface area contributed by atoms with Crippen LogP contribution >= 0.6 is 0 Å². The molecule has 0 saturated carbocycles. The molecule has 1 fully saturated rings. The predicted molar refractivity (Wildman–Crippen MR) is 85.3 cm³/mol. The van der Waals surface area contributed by atoms with Gasteiger partial charge in [-0.2, -0.15) is 0 Å². The van der Waals surface area contributed by atoms with Gasteiger partial charge in [0.25, 0.3) is 5.91 Å². The highest BCUT2D eigenvalue weighted by atomic mass is 19.1. The summed E-state index contributed by atoms with van der Waals surface area (Å²) in [5.74, 6) is -0.819. The number of hydrogen-bond acceptors (Lipinski definition) is 2. The van der Waals surface area contributed by atoms with Crippen LogP contribution in [0.5, 0.6) is 0 Å². The number of amides is 1. The van der Waals surface area contributed by atoms with E-state index in [0.29, 0.717) is 18.7 Å². The van der Waals surface area contributed by atoms with E-state index in [0.717, 1.165) is 18.5 Å². The maximum absolute atomic E-state index is 13.2. The van der Waals surface area contributed by atoms with Crippen molar-refractivity contribution in [1.82, 2.24) is 4.90 Å². The van der Waals surface area contributed by atoms with Gasteiger partial charge in [-0.05, 0) is 49.2 Å². The Bertz CT molecular complexity index is 697. The van der Waals surface area contributed by atoms with Crippen LogP contribution in [-0.2, 0) is 0 Å². The van der Waals surface area contributed by atoms with Crippen LogP contribution in [0.1, 0.15) is 23.2 Å². The van der Waals surface area contributed by atoms with Gasteiger partial charge in [0, 0.05) is 30.4 Å². The van der Waals surface area contributed by atoms with Crippen LogP contribution in [0.15, 0.2) is 48.5 Å². The molecule has 5 heteroatoms. The Morgan fingerprint density at radius 2 is 1.65 bits per heavy atom. The fourth-order valence-electron chi connectivity index (χ4n) is 2.84. The van der Waals surface area contributed by atoms with E-state index in [9.17, 15) is 13.6 Å². The summed E-state index contributed by atoms with van der Waals surface area (Å²) >= 11 is 0. The quantitative estimate of drug-likeness (QED) is 0.937. The average molecular weight is 316 g/mol. The fraction of sp³-hybridized carbons (Fsp3) is 0.278. The molecule has 0 spiro atoms. The lowest BCUT2D eigenvalue weighted by Crippen LogP contribution is -2.42. The Kier molecular flexibility index (Phi) is 4.55. The lowest BCUT2D eigenvalue weighted by Gasteiger charge is -2.33. The van der Waals surface area contributed by atoms with Crippen LogP contribution in [-0.4, -0.2) is 29.9 Å². The number of anilines is 1. The highest BCUT2D eigenvalue weighted by Gasteiger charge is 2.23. The standard InChI is InChI=1S/C18H18F2N2O/c19-14-4-1-3-13(11-14)18(23)22-9-7-16(8-10-22)21-17-6-2-5-15(20)12-17/h1-6,11-12,16,21H,7-10H2. The van der Waals surface area contributed by atoms with Crippen molar-refractivity contribution in [3.63, 3.8) is 0 Å². The molecule has 1 saturated heterocycles. The van der Waals surface area contributed by atoms with Gasteiger partial charge in [-0.3, -0.25) is 4.79 Å². The second-order valence-corrected chi connectivity index (χ2v) is 5.73. The summed E-state index contributed by atoms with van der Waals surface area (Å²) in [6, 6.07) is 12.3. The normalized spacial score (nSPS) is 15.5. The van der Waals surface area contributed by atoms with Gasteiger partial charge >= 0.3 is 0 Å². The Balaban J connectivity index is 1.57. The molecular weight excluding hydrogens is 298 g/mol. The van der Waals surface area contributed by atoms with Gasteiger partial charge in [0.1, 0.15) is 11.6 Å². The Morgan fingerprint density at radius 3 is 2.30 bits per heavy atom. The first-order chi connectivity index (χ1) is 11.1. The van der Waals surface area contributed by atoms with Crippen LogP contribution in [0.2, 0.25) is 0 Å². The van der Waals surface area contributed by atoms with Crippen molar-refractivity contribution in [2.24, 2.45) is 0 Å². The molecule has 0 radical (unpaired) electrons. The molecule has 3 nitrogen and oxygen atoms in total. The van der Waals surface area contributed by atoms with E-state index < -0.39 is 5.82 Å². The van der Waals surface area contributed by atoms with E-state index in [1.165, 1.54) is 24.3 Å². The molecule has 1 heterocycles. The predicted octanol–water partition coefficient (Wildman–Crippen LogP) is 3.68. The summed E-state index contributed by atoms with van der Waals surface area (Å²) in [7, 11) is 0. The van der Waals surface area contributed by atoms with Crippen molar-refractivity contribution in [2.45, 2.75) is 18.9 Å².